The number of aromatic nitrogens is 4. The molecule has 7 nitrogen and oxygen atoms in total. The quantitative estimate of drug-likeness (QED) is 0.580. The molecular formula is C23H32N6O. The minimum atomic E-state index is -0.124. The predicted octanol–water partition coefficient (Wildman–Crippen LogP) is 3.80. The summed E-state index contributed by atoms with van der Waals surface area (Å²) in [6.07, 6.45) is 8.70. The first-order chi connectivity index (χ1) is 14.5. The number of aryl methyl sites for hydroxylation is 1. The number of fused-ring (bicyclic) bond motifs is 1. The molecule has 3 heterocycles. The predicted molar refractivity (Wildman–Crippen MR) is 121 cm³/mol. The molecule has 2 atom stereocenters. The first-order valence-electron chi connectivity index (χ1n) is 11.1. The van der Waals surface area contributed by atoms with Crippen molar-refractivity contribution in [3.8, 4) is 11.5 Å². The molecule has 3 N–H and O–H groups in total. The van der Waals surface area contributed by atoms with Crippen LogP contribution in [0.25, 0.3) is 22.6 Å². The lowest BCUT2D eigenvalue weighted by Gasteiger charge is -2.39. The van der Waals surface area contributed by atoms with Gasteiger partial charge in [-0.15, -0.1) is 0 Å². The van der Waals surface area contributed by atoms with Crippen LogP contribution in [-0.4, -0.2) is 43.0 Å². The minimum Gasteiger partial charge on any atom is -0.384 e. The van der Waals surface area contributed by atoms with Gasteiger partial charge in [0.2, 0.25) is 0 Å². The number of likely N-dealkylation sites (tertiary alicyclic amines) is 1. The Kier molecular flexibility index (Phi) is 6.18. The zero-order chi connectivity index (χ0) is 21.1. The second-order valence-corrected chi connectivity index (χ2v) is 8.52. The smallest absolute Gasteiger partial charge is 0.280 e. The summed E-state index contributed by atoms with van der Waals surface area (Å²) in [6, 6.07) is 9.14. The van der Waals surface area contributed by atoms with Crippen molar-refractivity contribution in [3.63, 3.8) is 0 Å². The molecule has 2 aromatic heterocycles. The Morgan fingerprint density at radius 2 is 1.83 bits per heavy atom. The highest BCUT2D eigenvalue weighted by Crippen LogP contribution is 2.23. The second-order valence-electron chi connectivity index (χ2n) is 8.52. The van der Waals surface area contributed by atoms with E-state index in [0.29, 0.717) is 36.0 Å². The van der Waals surface area contributed by atoms with Gasteiger partial charge in [0.15, 0.2) is 11.5 Å². The molecule has 0 unspecified atom stereocenters. The molecule has 0 aliphatic carbocycles. The van der Waals surface area contributed by atoms with Crippen LogP contribution in [0, 0.1) is 0 Å². The van der Waals surface area contributed by atoms with Crippen LogP contribution in [0.1, 0.15) is 52.4 Å². The standard InChI is InChI=1S/C23H32N6O/c1-16-9-8-10-17(2)28(16)13-6-3-7-14-29-19-12-5-4-11-18(19)26-21(23(29)30)22-25-15-20(24)27-22/h4-5,11-12,15-17H,3,6-10,13-14,24H2,1-2H3,(H,25,27)/t16-,17+. The number of para-hydroxylation sites is 2. The maximum absolute atomic E-state index is 13.2. The van der Waals surface area contributed by atoms with Gasteiger partial charge in [-0.05, 0) is 58.2 Å². The van der Waals surface area contributed by atoms with Gasteiger partial charge in [0.1, 0.15) is 5.82 Å². The van der Waals surface area contributed by atoms with Crippen molar-refractivity contribution in [1.82, 2.24) is 24.4 Å². The molecule has 0 spiro atoms. The highest BCUT2D eigenvalue weighted by Gasteiger charge is 2.23. The van der Waals surface area contributed by atoms with Gasteiger partial charge in [0, 0.05) is 18.6 Å². The Balaban J connectivity index is 1.47. The van der Waals surface area contributed by atoms with Crippen LogP contribution in [0.4, 0.5) is 5.82 Å². The van der Waals surface area contributed by atoms with Gasteiger partial charge in [-0.3, -0.25) is 9.69 Å². The third-order valence-corrected chi connectivity index (χ3v) is 6.35. The number of nitrogen functional groups attached to an aromatic ring is 1. The fourth-order valence-electron chi connectivity index (χ4n) is 4.68. The minimum absolute atomic E-state index is 0.124. The highest BCUT2D eigenvalue weighted by atomic mass is 16.1. The third-order valence-electron chi connectivity index (χ3n) is 6.35. The van der Waals surface area contributed by atoms with Gasteiger partial charge in [-0.2, -0.15) is 0 Å². The number of nitrogens with one attached hydrogen (secondary N) is 1. The van der Waals surface area contributed by atoms with Crippen molar-refractivity contribution in [3.05, 3.63) is 40.8 Å². The topological polar surface area (TPSA) is 92.8 Å². The number of rotatable bonds is 7. The first kappa shape index (κ1) is 20.6. The van der Waals surface area contributed by atoms with Crippen molar-refractivity contribution < 1.29 is 0 Å². The summed E-state index contributed by atoms with van der Waals surface area (Å²) in [5.74, 6) is 0.845. The van der Waals surface area contributed by atoms with Crippen LogP contribution in [0.2, 0.25) is 0 Å². The molecule has 0 bridgehead atoms. The summed E-state index contributed by atoms with van der Waals surface area (Å²) in [7, 11) is 0. The van der Waals surface area contributed by atoms with Gasteiger partial charge in [-0.1, -0.05) is 25.0 Å². The van der Waals surface area contributed by atoms with Crippen LogP contribution < -0.4 is 11.3 Å². The van der Waals surface area contributed by atoms with E-state index in [1.165, 1.54) is 25.5 Å². The summed E-state index contributed by atoms with van der Waals surface area (Å²) in [6.45, 7) is 6.52. The second kappa shape index (κ2) is 9.00. The van der Waals surface area contributed by atoms with E-state index < -0.39 is 0 Å². The summed E-state index contributed by atoms with van der Waals surface area (Å²) >= 11 is 0. The van der Waals surface area contributed by atoms with Crippen LogP contribution in [0.3, 0.4) is 0 Å². The van der Waals surface area contributed by atoms with Crippen LogP contribution in [-0.2, 0) is 6.54 Å². The normalized spacial score (nSPS) is 20.1. The number of benzene rings is 1. The van der Waals surface area contributed by atoms with E-state index in [-0.39, 0.29) is 5.56 Å². The zero-order valence-corrected chi connectivity index (χ0v) is 18.0. The number of H-pyrrole nitrogens is 1. The average Bonchev–Trinajstić information content (AvgIpc) is 3.16. The lowest BCUT2D eigenvalue weighted by Crippen LogP contribution is -2.44. The molecular weight excluding hydrogens is 376 g/mol. The van der Waals surface area contributed by atoms with Crippen molar-refractivity contribution in [2.75, 3.05) is 12.3 Å². The Hall–Kier alpha value is -2.67. The fourth-order valence-corrected chi connectivity index (χ4v) is 4.68. The Labute approximate surface area is 177 Å². The molecule has 160 valence electrons. The molecule has 1 aliphatic rings. The van der Waals surface area contributed by atoms with E-state index in [0.717, 1.165) is 36.8 Å². The Morgan fingerprint density at radius 3 is 2.57 bits per heavy atom. The average molecular weight is 409 g/mol. The van der Waals surface area contributed by atoms with Crippen molar-refractivity contribution >= 4 is 16.9 Å². The summed E-state index contributed by atoms with van der Waals surface area (Å²) in [4.78, 5) is 27.5. The van der Waals surface area contributed by atoms with Crippen molar-refractivity contribution in [1.29, 1.82) is 0 Å². The number of piperidine rings is 1. The number of nitrogens with two attached hydrogens (primary N) is 1. The lowest BCUT2D eigenvalue weighted by atomic mass is 9.97. The molecule has 0 radical (unpaired) electrons. The molecule has 1 aliphatic heterocycles. The van der Waals surface area contributed by atoms with Gasteiger partial charge in [0.05, 0.1) is 17.2 Å². The maximum Gasteiger partial charge on any atom is 0.280 e. The largest absolute Gasteiger partial charge is 0.384 e. The van der Waals surface area contributed by atoms with E-state index >= 15 is 0 Å². The molecule has 0 saturated carbocycles. The lowest BCUT2D eigenvalue weighted by molar-refractivity contribution is 0.101. The number of imidazole rings is 1. The number of anilines is 1. The van der Waals surface area contributed by atoms with Crippen LogP contribution in [0.5, 0.6) is 0 Å². The number of unbranched alkanes of at least 4 members (excludes halogenated alkanes) is 2. The molecule has 4 rings (SSSR count). The molecule has 0 amide bonds. The molecule has 3 aromatic rings. The van der Waals surface area contributed by atoms with Gasteiger partial charge in [0.25, 0.3) is 5.56 Å². The molecule has 1 aromatic carbocycles. The SMILES string of the molecule is C[C@@H]1CCC[C@H](C)N1CCCCCn1c(=O)c(-c2ncc(N)[nH]2)nc2ccccc21. The van der Waals surface area contributed by atoms with Crippen molar-refractivity contribution in [2.45, 2.75) is 71.0 Å². The molecule has 1 saturated heterocycles. The van der Waals surface area contributed by atoms with Gasteiger partial charge >= 0.3 is 0 Å². The molecule has 30 heavy (non-hydrogen) atoms. The van der Waals surface area contributed by atoms with E-state index in [2.05, 4.69) is 33.7 Å². The summed E-state index contributed by atoms with van der Waals surface area (Å²) in [5.41, 5.74) is 7.60. The van der Waals surface area contributed by atoms with Crippen LogP contribution in [0.15, 0.2) is 35.3 Å². The molecule has 7 heteroatoms. The first-order valence-corrected chi connectivity index (χ1v) is 11.1. The monoisotopic (exact) mass is 408 g/mol. The summed E-state index contributed by atoms with van der Waals surface area (Å²) < 4.78 is 1.84. The van der Waals surface area contributed by atoms with Crippen molar-refractivity contribution in [2.24, 2.45) is 0 Å². The van der Waals surface area contributed by atoms with Crippen LogP contribution >= 0.6 is 0 Å². The van der Waals surface area contributed by atoms with E-state index in [1.807, 2.05) is 28.8 Å². The highest BCUT2D eigenvalue weighted by molar-refractivity contribution is 5.77. The number of nitrogens with zero attached hydrogens (tertiary/aromatic N) is 4. The molecule has 1 fully saturated rings. The van der Waals surface area contributed by atoms with E-state index in [9.17, 15) is 4.79 Å². The Morgan fingerprint density at radius 1 is 1.10 bits per heavy atom. The fraction of sp³-hybridized carbons (Fsp3) is 0.522. The number of hydrogen-bond acceptors (Lipinski definition) is 5. The Bertz CT molecular complexity index is 1050. The zero-order valence-electron chi connectivity index (χ0n) is 18.0. The maximum atomic E-state index is 13.2. The van der Waals surface area contributed by atoms with Gasteiger partial charge < -0.3 is 15.3 Å². The van der Waals surface area contributed by atoms with E-state index in [1.54, 1.807) is 0 Å². The third kappa shape index (κ3) is 4.26. The number of hydrogen-bond donors (Lipinski definition) is 2. The number of aromatic amines is 1. The van der Waals surface area contributed by atoms with Gasteiger partial charge in [-0.25, -0.2) is 9.97 Å². The van der Waals surface area contributed by atoms with E-state index in [4.69, 9.17) is 5.73 Å². The summed E-state index contributed by atoms with van der Waals surface area (Å²) in [5, 5.41) is 0.